The standard InChI is InChI=1S/C24H23N5O3/c1-31-18-8-6-17(7-9-18)20-14-23(26-16-25-20)28-10-12-29(13-11-28)24(30)15-21-19-4-2-3-5-22(19)32-27-21/h2-9,14,16H,10-13,15H2,1H3. The molecular formula is C24H23N5O3. The number of piperazine rings is 1. The van der Waals surface area contributed by atoms with Crippen molar-refractivity contribution in [2.24, 2.45) is 0 Å². The van der Waals surface area contributed by atoms with E-state index in [0.29, 0.717) is 37.5 Å². The minimum Gasteiger partial charge on any atom is -0.497 e. The molecule has 0 radical (unpaired) electrons. The van der Waals surface area contributed by atoms with Crippen molar-refractivity contribution < 1.29 is 14.1 Å². The minimum absolute atomic E-state index is 0.0605. The number of methoxy groups -OCH3 is 1. The van der Waals surface area contributed by atoms with Crippen molar-refractivity contribution in [1.29, 1.82) is 0 Å². The number of anilines is 1. The summed E-state index contributed by atoms with van der Waals surface area (Å²) in [6.07, 6.45) is 1.83. The third-order valence-corrected chi connectivity index (χ3v) is 5.77. The lowest BCUT2D eigenvalue weighted by molar-refractivity contribution is -0.130. The zero-order valence-corrected chi connectivity index (χ0v) is 17.8. The predicted octanol–water partition coefficient (Wildman–Crippen LogP) is 3.18. The molecule has 8 heteroatoms. The van der Waals surface area contributed by atoms with Gasteiger partial charge in [0.05, 0.1) is 19.2 Å². The second-order valence-corrected chi connectivity index (χ2v) is 7.66. The normalized spacial score (nSPS) is 14.0. The summed E-state index contributed by atoms with van der Waals surface area (Å²) in [6, 6.07) is 17.4. The summed E-state index contributed by atoms with van der Waals surface area (Å²) in [6.45, 7) is 2.70. The van der Waals surface area contributed by atoms with Crippen LogP contribution in [0.15, 0.2) is 65.4 Å². The Hall–Kier alpha value is -3.94. The lowest BCUT2D eigenvalue weighted by Gasteiger charge is -2.35. The van der Waals surface area contributed by atoms with Gasteiger partial charge >= 0.3 is 0 Å². The Balaban J connectivity index is 1.23. The van der Waals surface area contributed by atoms with Crippen LogP contribution in [0.25, 0.3) is 22.2 Å². The second kappa shape index (κ2) is 8.66. The highest BCUT2D eigenvalue weighted by atomic mass is 16.5. The van der Waals surface area contributed by atoms with Crippen LogP contribution in [0, 0.1) is 0 Å². The van der Waals surface area contributed by atoms with Crippen LogP contribution in [0.3, 0.4) is 0 Å². The lowest BCUT2D eigenvalue weighted by atomic mass is 10.1. The Morgan fingerprint density at radius 2 is 1.81 bits per heavy atom. The van der Waals surface area contributed by atoms with E-state index < -0.39 is 0 Å². The van der Waals surface area contributed by atoms with Gasteiger partial charge in [0.15, 0.2) is 5.58 Å². The summed E-state index contributed by atoms with van der Waals surface area (Å²) in [5, 5.41) is 4.98. The molecule has 1 saturated heterocycles. The van der Waals surface area contributed by atoms with E-state index in [1.165, 1.54) is 0 Å². The van der Waals surface area contributed by atoms with E-state index in [2.05, 4.69) is 20.0 Å². The molecule has 1 amide bonds. The van der Waals surface area contributed by atoms with E-state index in [1.54, 1.807) is 13.4 Å². The van der Waals surface area contributed by atoms with Crippen molar-refractivity contribution in [3.8, 4) is 17.0 Å². The zero-order valence-electron chi connectivity index (χ0n) is 17.8. The third-order valence-electron chi connectivity index (χ3n) is 5.77. The highest BCUT2D eigenvalue weighted by Gasteiger charge is 2.24. The summed E-state index contributed by atoms with van der Waals surface area (Å²) >= 11 is 0. The fraction of sp³-hybridized carbons (Fsp3) is 0.250. The van der Waals surface area contributed by atoms with Gasteiger partial charge in [-0.2, -0.15) is 0 Å². The number of hydrogen-bond acceptors (Lipinski definition) is 7. The van der Waals surface area contributed by atoms with Gasteiger partial charge in [-0.05, 0) is 36.4 Å². The van der Waals surface area contributed by atoms with Crippen molar-refractivity contribution in [1.82, 2.24) is 20.0 Å². The third kappa shape index (κ3) is 3.99. The monoisotopic (exact) mass is 429 g/mol. The van der Waals surface area contributed by atoms with Crippen molar-refractivity contribution in [2.75, 3.05) is 38.2 Å². The fourth-order valence-corrected chi connectivity index (χ4v) is 3.95. The topological polar surface area (TPSA) is 84.6 Å². The van der Waals surface area contributed by atoms with Crippen LogP contribution in [0.2, 0.25) is 0 Å². The largest absolute Gasteiger partial charge is 0.497 e. The Morgan fingerprint density at radius 1 is 1.03 bits per heavy atom. The fourth-order valence-electron chi connectivity index (χ4n) is 3.95. The first kappa shape index (κ1) is 20.0. The van der Waals surface area contributed by atoms with Crippen LogP contribution in [-0.2, 0) is 11.2 Å². The molecule has 0 saturated carbocycles. The molecule has 2 aromatic carbocycles. The van der Waals surface area contributed by atoms with Gasteiger partial charge in [0.1, 0.15) is 23.6 Å². The molecule has 162 valence electrons. The van der Waals surface area contributed by atoms with Crippen molar-refractivity contribution in [3.05, 3.63) is 66.6 Å². The quantitative estimate of drug-likeness (QED) is 0.482. The number of ether oxygens (including phenoxy) is 1. The number of carbonyl (C=O) groups is 1. The summed E-state index contributed by atoms with van der Waals surface area (Å²) in [7, 11) is 1.65. The number of fused-ring (bicyclic) bond motifs is 1. The number of amides is 1. The Labute approximate surface area is 185 Å². The van der Waals surface area contributed by atoms with Gasteiger partial charge in [-0.3, -0.25) is 4.79 Å². The van der Waals surface area contributed by atoms with E-state index in [-0.39, 0.29) is 12.3 Å². The first-order chi connectivity index (χ1) is 15.7. The number of rotatable bonds is 5. The van der Waals surface area contributed by atoms with E-state index in [0.717, 1.165) is 28.2 Å². The van der Waals surface area contributed by atoms with Gasteiger partial charge in [-0.1, -0.05) is 17.3 Å². The molecular weight excluding hydrogens is 406 g/mol. The Bertz CT molecular complexity index is 1230. The summed E-state index contributed by atoms with van der Waals surface area (Å²) in [4.78, 5) is 25.8. The van der Waals surface area contributed by atoms with Crippen LogP contribution in [0.4, 0.5) is 5.82 Å². The molecule has 0 atom stereocenters. The molecule has 32 heavy (non-hydrogen) atoms. The smallest absolute Gasteiger partial charge is 0.228 e. The van der Waals surface area contributed by atoms with Gasteiger partial charge in [-0.25, -0.2) is 9.97 Å². The SMILES string of the molecule is COc1ccc(-c2cc(N3CCN(C(=O)Cc4noc5ccccc45)CC3)ncn2)cc1. The molecule has 0 N–H and O–H groups in total. The van der Waals surface area contributed by atoms with Gasteiger partial charge in [0.2, 0.25) is 5.91 Å². The average molecular weight is 429 g/mol. The summed E-state index contributed by atoms with van der Waals surface area (Å²) in [5.74, 6) is 1.73. The maximum Gasteiger partial charge on any atom is 0.228 e. The van der Waals surface area contributed by atoms with E-state index >= 15 is 0 Å². The minimum atomic E-state index is 0.0605. The Morgan fingerprint density at radius 3 is 2.59 bits per heavy atom. The van der Waals surface area contributed by atoms with Crippen molar-refractivity contribution in [2.45, 2.75) is 6.42 Å². The van der Waals surface area contributed by atoms with Crippen LogP contribution >= 0.6 is 0 Å². The van der Waals surface area contributed by atoms with Crippen molar-refractivity contribution >= 4 is 22.7 Å². The van der Waals surface area contributed by atoms with E-state index in [4.69, 9.17) is 9.26 Å². The molecule has 1 aliphatic heterocycles. The second-order valence-electron chi connectivity index (χ2n) is 7.66. The van der Waals surface area contributed by atoms with Gasteiger partial charge in [-0.15, -0.1) is 0 Å². The maximum atomic E-state index is 12.8. The summed E-state index contributed by atoms with van der Waals surface area (Å²) < 4.78 is 10.5. The van der Waals surface area contributed by atoms with Crippen LogP contribution in [0.1, 0.15) is 5.69 Å². The van der Waals surface area contributed by atoms with Gasteiger partial charge in [0.25, 0.3) is 0 Å². The molecule has 8 nitrogen and oxygen atoms in total. The highest BCUT2D eigenvalue weighted by molar-refractivity contribution is 5.86. The van der Waals surface area contributed by atoms with E-state index in [1.807, 2.05) is 59.5 Å². The zero-order chi connectivity index (χ0) is 21.9. The maximum absolute atomic E-state index is 12.8. The van der Waals surface area contributed by atoms with Crippen molar-refractivity contribution in [3.63, 3.8) is 0 Å². The van der Waals surface area contributed by atoms with Gasteiger partial charge < -0.3 is 19.1 Å². The first-order valence-electron chi connectivity index (χ1n) is 10.5. The molecule has 0 aliphatic carbocycles. The number of hydrogen-bond donors (Lipinski definition) is 0. The lowest BCUT2D eigenvalue weighted by Crippen LogP contribution is -2.49. The molecule has 1 fully saturated rings. The first-order valence-corrected chi connectivity index (χ1v) is 10.5. The molecule has 3 heterocycles. The molecule has 0 bridgehead atoms. The number of para-hydroxylation sites is 1. The summed E-state index contributed by atoms with van der Waals surface area (Å²) in [5.41, 5.74) is 3.25. The molecule has 2 aromatic heterocycles. The number of carbonyl (C=O) groups excluding carboxylic acids is 1. The number of benzene rings is 2. The number of nitrogens with zero attached hydrogens (tertiary/aromatic N) is 5. The Kier molecular flexibility index (Phi) is 5.41. The number of aromatic nitrogens is 3. The van der Waals surface area contributed by atoms with Crippen LogP contribution in [-0.4, -0.2) is 59.2 Å². The predicted molar refractivity (Wildman–Crippen MR) is 121 cm³/mol. The van der Waals surface area contributed by atoms with E-state index in [9.17, 15) is 4.79 Å². The molecule has 1 aliphatic rings. The van der Waals surface area contributed by atoms with Crippen LogP contribution < -0.4 is 9.64 Å². The molecule has 4 aromatic rings. The highest BCUT2D eigenvalue weighted by Crippen LogP contribution is 2.24. The van der Waals surface area contributed by atoms with Crippen LogP contribution in [0.5, 0.6) is 5.75 Å². The van der Waals surface area contributed by atoms with Gasteiger partial charge in [0, 0.05) is 43.2 Å². The average Bonchev–Trinajstić information content (AvgIpc) is 3.27. The molecule has 5 rings (SSSR count). The molecule has 0 spiro atoms. The molecule has 0 unspecified atom stereocenters.